The monoisotopic (exact) mass is 398 g/mol. The van der Waals surface area contributed by atoms with Gasteiger partial charge in [-0.15, -0.1) is 0 Å². The van der Waals surface area contributed by atoms with Crippen molar-refractivity contribution >= 4 is 23.2 Å². The maximum atomic E-state index is 13.5. The number of amides is 2. The number of rotatable bonds is 7. The third kappa shape index (κ3) is 4.89. The number of halogens is 3. The van der Waals surface area contributed by atoms with E-state index in [0.717, 1.165) is 10.8 Å². The molecular formula is C18H21F3N4O3. The van der Waals surface area contributed by atoms with Crippen molar-refractivity contribution in [1.29, 1.82) is 0 Å². The van der Waals surface area contributed by atoms with Gasteiger partial charge in [-0.1, -0.05) is 13.0 Å². The van der Waals surface area contributed by atoms with E-state index in [4.69, 9.17) is 0 Å². The molecule has 0 aliphatic heterocycles. The zero-order valence-corrected chi connectivity index (χ0v) is 15.4. The number of aryl methyl sites for hydroxylation is 1. The van der Waals surface area contributed by atoms with Crippen molar-refractivity contribution in [2.75, 3.05) is 10.6 Å². The largest absolute Gasteiger partial charge is 0.425 e. The highest BCUT2D eigenvalue weighted by Gasteiger charge is 2.58. The minimum absolute atomic E-state index is 0.184. The molecule has 1 unspecified atom stereocenters. The summed E-state index contributed by atoms with van der Waals surface area (Å²) in [5.41, 5.74) is -2.86. The number of alkyl halides is 3. The van der Waals surface area contributed by atoms with Crippen LogP contribution in [0.1, 0.15) is 32.0 Å². The third-order valence-electron chi connectivity index (χ3n) is 3.98. The predicted molar refractivity (Wildman–Crippen MR) is 96.4 cm³/mol. The van der Waals surface area contributed by atoms with E-state index in [1.54, 1.807) is 6.07 Å². The van der Waals surface area contributed by atoms with Gasteiger partial charge in [0.15, 0.2) is 5.82 Å². The van der Waals surface area contributed by atoms with Crippen LogP contribution >= 0.6 is 0 Å². The van der Waals surface area contributed by atoms with Crippen LogP contribution in [0.4, 0.5) is 24.5 Å². The molecule has 0 bridgehead atoms. The van der Waals surface area contributed by atoms with Crippen LogP contribution < -0.4 is 10.6 Å². The first kappa shape index (κ1) is 21.4. The van der Waals surface area contributed by atoms with E-state index in [1.807, 2.05) is 6.92 Å². The molecule has 1 aromatic carbocycles. The lowest BCUT2D eigenvalue weighted by atomic mass is 9.97. The first-order valence-electron chi connectivity index (χ1n) is 8.53. The van der Waals surface area contributed by atoms with Crippen LogP contribution in [0.3, 0.4) is 0 Å². The number of aromatic nitrogens is 2. The quantitative estimate of drug-likeness (QED) is 0.668. The SMILES string of the molecule is CCCC(=O)Nc1cccc(NC(=O)CC(O)(c2nccn2C)C(F)(F)F)c1. The van der Waals surface area contributed by atoms with Crippen LogP contribution in [0.25, 0.3) is 0 Å². The molecule has 0 saturated carbocycles. The normalized spacial score (nSPS) is 13.6. The summed E-state index contributed by atoms with van der Waals surface area (Å²) < 4.78 is 41.5. The molecule has 2 rings (SSSR count). The zero-order chi connectivity index (χ0) is 20.9. The third-order valence-corrected chi connectivity index (χ3v) is 3.98. The molecule has 0 aliphatic rings. The van der Waals surface area contributed by atoms with Crippen LogP contribution in [-0.4, -0.2) is 32.6 Å². The number of aliphatic hydroxyl groups is 1. The summed E-state index contributed by atoms with van der Waals surface area (Å²) in [6, 6.07) is 5.99. The van der Waals surface area contributed by atoms with Crippen molar-refractivity contribution in [2.45, 2.75) is 38.0 Å². The number of nitrogens with one attached hydrogen (secondary N) is 2. The smallest absolute Gasteiger partial charge is 0.374 e. The molecule has 152 valence electrons. The molecule has 28 heavy (non-hydrogen) atoms. The van der Waals surface area contributed by atoms with Crippen LogP contribution in [0.5, 0.6) is 0 Å². The molecule has 7 nitrogen and oxygen atoms in total. The van der Waals surface area contributed by atoms with Gasteiger partial charge in [0.25, 0.3) is 0 Å². The lowest BCUT2D eigenvalue weighted by molar-refractivity contribution is -0.270. The van der Waals surface area contributed by atoms with Crippen LogP contribution in [0.15, 0.2) is 36.7 Å². The molecule has 0 fully saturated rings. The highest BCUT2D eigenvalue weighted by molar-refractivity contribution is 5.94. The fourth-order valence-electron chi connectivity index (χ4n) is 2.63. The number of carbonyl (C=O) groups is 2. The molecule has 2 amide bonds. The van der Waals surface area contributed by atoms with E-state index in [-0.39, 0.29) is 11.6 Å². The average molecular weight is 398 g/mol. The van der Waals surface area contributed by atoms with Crippen molar-refractivity contribution in [3.8, 4) is 0 Å². The predicted octanol–water partition coefficient (Wildman–Crippen LogP) is 2.94. The minimum Gasteiger partial charge on any atom is -0.374 e. The molecule has 1 aromatic heterocycles. The van der Waals surface area contributed by atoms with E-state index in [9.17, 15) is 27.9 Å². The molecular weight excluding hydrogens is 377 g/mol. The van der Waals surface area contributed by atoms with Gasteiger partial charge in [-0.25, -0.2) is 4.98 Å². The Kier molecular flexibility index (Phi) is 6.45. The Morgan fingerprint density at radius 3 is 2.29 bits per heavy atom. The van der Waals surface area contributed by atoms with E-state index in [0.29, 0.717) is 18.5 Å². The van der Waals surface area contributed by atoms with Crippen molar-refractivity contribution < 1.29 is 27.9 Å². The first-order valence-corrected chi connectivity index (χ1v) is 8.53. The first-order chi connectivity index (χ1) is 13.1. The zero-order valence-electron chi connectivity index (χ0n) is 15.4. The maximum Gasteiger partial charge on any atom is 0.425 e. The van der Waals surface area contributed by atoms with Gasteiger partial charge in [0.2, 0.25) is 17.4 Å². The summed E-state index contributed by atoms with van der Waals surface area (Å²) in [4.78, 5) is 27.4. The second-order valence-corrected chi connectivity index (χ2v) is 6.32. The summed E-state index contributed by atoms with van der Waals surface area (Å²) in [6.07, 6.45) is -3.06. The lowest BCUT2D eigenvalue weighted by Gasteiger charge is -2.29. The molecule has 0 saturated heterocycles. The molecule has 0 radical (unpaired) electrons. The maximum absolute atomic E-state index is 13.5. The Labute approximate surface area is 159 Å². The molecule has 0 aliphatic carbocycles. The van der Waals surface area contributed by atoms with Gasteiger partial charge in [0.1, 0.15) is 0 Å². The van der Waals surface area contributed by atoms with Gasteiger partial charge in [-0.2, -0.15) is 13.2 Å². The Hall–Kier alpha value is -2.88. The molecule has 10 heteroatoms. The Balaban J connectivity index is 2.16. The van der Waals surface area contributed by atoms with Crippen molar-refractivity contribution in [3.05, 3.63) is 42.5 Å². The van der Waals surface area contributed by atoms with E-state index < -0.39 is 29.9 Å². The highest BCUT2D eigenvalue weighted by atomic mass is 19.4. The van der Waals surface area contributed by atoms with E-state index in [1.165, 1.54) is 31.4 Å². The topological polar surface area (TPSA) is 96.2 Å². The van der Waals surface area contributed by atoms with Gasteiger partial charge in [-0.3, -0.25) is 9.59 Å². The minimum atomic E-state index is -5.11. The molecule has 1 atom stereocenters. The van der Waals surface area contributed by atoms with Gasteiger partial charge in [0, 0.05) is 37.2 Å². The van der Waals surface area contributed by atoms with Gasteiger partial charge in [-0.05, 0) is 24.6 Å². The molecule has 2 aromatic rings. The number of benzene rings is 1. The van der Waals surface area contributed by atoms with Gasteiger partial charge >= 0.3 is 6.18 Å². The number of nitrogens with zero attached hydrogens (tertiary/aromatic N) is 2. The molecule has 1 heterocycles. The number of imidazole rings is 1. The Morgan fingerprint density at radius 1 is 1.18 bits per heavy atom. The van der Waals surface area contributed by atoms with Gasteiger partial charge in [0.05, 0.1) is 6.42 Å². The number of carbonyl (C=O) groups excluding carboxylic acids is 2. The standard InChI is InChI=1S/C18H21F3N4O3/c1-3-5-14(26)23-12-6-4-7-13(10-12)24-15(27)11-17(28,18(19,20)21)16-22-8-9-25(16)2/h4,6-10,28H,3,5,11H2,1-2H3,(H,23,26)(H,24,27). The Morgan fingerprint density at radius 2 is 1.79 bits per heavy atom. The summed E-state index contributed by atoms with van der Waals surface area (Å²) in [5, 5.41) is 15.2. The van der Waals surface area contributed by atoms with Crippen molar-refractivity contribution in [2.24, 2.45) is 7.05 Å². The van der Waals surface area contributed by atoms with Crippen LogP contribution in [-0.2, 0) is 22.2 Å². The van der Waals surface area contributed by atoms with E-state index in [2.05, 4.69) is 15.6 Å². The fourth-order valence-corrected chi connectivity index (χ4v) is 2.63. The van der Waals surface area contributed by atoms with Gasteiger partial charge < -0.3 is 20.3 Å². The number of hydrogen-bond acceptors (Lipinski definition) is 4. The summed E-state index contributed by atoms with van der Waals surface area (Å²) in [7, 11) is 1.29. The number of hydrogen-bond donors (Lipinski definition) is 3. The Bertz CT molecular complexity index is 851. The van der Waals surface area contributed by atoms with Crippen molar-refractivity contribution in [3.63, 3.8) is 0 Å². The van der Waals surface area contributed by atoms with Crippen LogP contribution in [0.2, 0.25) is 0 Å². The summed E-state index contributed by atoms with van der Waals surface area (Å²) in [6.45, 7) is 1.85. The van der Waals surface area contributed by atoms with E-state index >= 15 is 0 Å². The lowest BCUT2D eigenvalue weighted by Crippen LogP contribution is -2.46. The van der Waals surface area contributed by atoms with Crippen LogP contribution in [0, 0.1) is 0 Å². The highest BCUT2D eigenvalue weighted by Crippen LogP contribution is 2.40. The second-order valence-electron chi connectivity index (χ2n) is 6.32. The second kappa shape index (κ2) is 8.42. The molecule has 0 spiro atoms. The average Bonchev–Trinajstić information content (AvgIpc) is 3.00. The molecule has 3 N–H and O–H groups in total. The fraction of sp³-hybridized carbons (Fsp3) is 0.389. The number of anilines is 2. The summed E-state index contributed by atoms with van der Waals surface area (Å²) >= 11 is 0. The summed E-state index contributed by atoms with van der Waals surface area (Å²) in [5.74, 6) is -1.96. The van der Waals surface area contributed by atoms with Crippen molar-refractivity contribution in [1.82, 2.24) is 9.55 Å².